The number of nitrogens with two attached hydrogens (primary N) is 1. The molecule has 0 bridgehead atoms. The maximum absolute atomic E-state index is 12.2. The number of primary amides is 1. The molecule has 0 spiro atoms. The first-order chi connectivity index (χ1) is 9.60. The Morgan fingerprint density at radius 1 is 1.10 bits per heavy atom. The Morgan fingerprint density at radius 2 is 1.70 bits per heavy atom. The van der Waals surface area contributed by atoms with Crippen LogP contribution in [0.15, 0.2) is 0 Å². The zero-order chi connectivity index (χ0) is 14.5. The third-order valence-electron chi connectivity index (χ3n) is 4.48. The van der Waals surface area contributed by atoms with E-state index in [1.807, 2.05) is 4.90 Å². The van der Waals surface area contributed by atoms with Crippen LogP contribution in [-0.4, -0.2) is 67.6 Å². The van der Waals surface area contributed by atoms with Crippen LogP contribution in [0.3, 0.4) is 0 Å². The Bertz CT molecular complexity index is 346. The van der Waals surface area contributed by atoms with Gasteiger partial charge in [-0.25, -0.2) is 0 Å². The molecule has 2 aliphatic heterocycles. The second-order valence-corrected chi connectivity index (χ2v) is 5.77. The molecule has 2 aliphatic rings. The number of carbonyl (C=O) groups is 2. The van der Waals surface area contributed by atoms with Crippen molar-refractivity contribution in [3.8, 4) is 0 Å². The lowest BCUT2D eigenvalue weighted by Crippen LogP contribution is -2.47. The smallest absolute Gasteiger partial charge is 0.236 e. The number of nitrogens with zero attached hydrogens (tertiary/aromatic N) is 2. The summed E-state index contributed by atoms with van der Waals surface area (Å²) in [5, 5.41) is 0. The number of carbonyl (C=O) groups excluding carboxylic acids is 2. The quantitative estimate of drug-likeness (QED) is 0.776. The molecule has 0 aromatic heterocycles. The van der Waals surface area contributed by atoms with E-state index in [0.29, 0.717) is 38.6 Å². The molecular formula is C14H25N3O3. The van der Waals surface area contributed by atoms with Crippen LogP contribution < -0.4 is 5.73 Å². The summed E-state index contributed by atoms with van der Waals surface area (Å²) in [6.07, 6.45) is 3.73. The third-order valence-corrected chi connectivity index (χ3v) is 4.48. The van der Waals surface area contributed by atoms with Crippen molar-refractivity contribution in [2.24, 2.45) is 11.7 Å². The Morgan fingerprint density at radius 3 is 2.20 bits per heavy atom. The molecule has 2 fully saturated rings. The molecule has 6 heteroatoms. The average Bonchev–Trinajstić information content (AvgIpc) is 2.48. The second-order valence-electron chi connectivity index (χ2n) is 5.77. The van der Waals surface area contributed by atoms with Gasteiger partial charge in [-0.3, -0.25) is 14.5 Å². The summed E-state index contributed by atoms with van der Waals surface area (Å²) in [7, 11) is 1.74. The van der Waals surface area contributed by atoms with Gasteiger partial charge in [-0.2, -0.15) is 0 Å². The van der Waals surface area contributed by atoms with Crippen LogP contribution in [0.5, 0.6) is 0 Å². The highest BCUT2D eigenvalue weighted by molar-refractivity contribution is 5.80. The molecule has 0 saturated carbocycles. The van der Waals surface area contributed by atoms with Gasteiger partial charge in [-0.1, -0.05) is 0 Å². The first-order valence-corrected chi connectivity index (χ1v) is 7.42. The molecule has 2 rings (SSSR count). The molecule has 2 heterocycles. The van der Waals surface area contributed by atoms with Gasteiger partial charge in [0.2, 0.25) is 11.8 Å². The molecular weight excluding hydrogens is 258 g/mol. The lowest BCUT2D eigenvalue weighted by molar-refractivity contribution is -0.136. The molecule has 0 aliphatic carbocycles. The SMILES string of the molecule is COC1CCN(CC(=O)N2CCC(C(N)=O)CC2)CC1. The average molecular weight is 283 g/mol. The van der Waals surface area contributed by atoms with Crippen molar-refractivity contribution in [2.45, 2.75) is 31.8 Å². The van der Waals surface area contributed by atoms with E-state index in [2.05, 4.69) is 4.90 Å². The molecule has 114 valence electrons. The van der Waals surface area contributed by atoms with Crippen LogP contribution in [0, 0.1) is 5.92 Å². The predicted octanol–water partition coefficient (Wildman–Crippen LogP) is -0.179. The molecule has 2 N–H and O–H groups in total. The first kappa shape index (κ1) is 15.3. The van der Waals surface area contributed by atoms with Crippen LogP contribution in [0.2, 0.25) is 0 Å². The highest BCUT2D eigenvalue weighted by Crippen LogP contribution is 2.18. The molecule has 6 nitrogen and oxygen atoms in total. The predicted molar refractivity (Wildman–Crippen MR) is 75.0 cm³/mol. The highest BCUT2D eigenvalue weighted by Gasteiger charge is 2.27. The van der Waals surface area contributed by atoms with E-state index in [1.54, 1.807) is 7.11 Å². The number of ether oxygens (including phenoxy) is 1. The van der Waals surface area contributed by atoms with Gasteiger partial charge in [-0.05, 0) is 25.7 Å². The number of likely N-dealkylation sites (tertiary alicyclic amines) is 2. The Labute approximate surface area is 120 Å². The van der Waals surface area contributed by atoms with Crippen molar-refractivity contribution in [3.05, 3.63) is 0 Å². The summed E-state index contributed by atoms with van der Waals surface area (Å²) in [5.41, 5.74) is 5.30. The third kappa shape index (κ3) is 3.93. The van der Waals surface area contributed by atoms with Crippen molar-refractivity contribution in [1.29, 1.82) is 0 Å². The normalized spacial score (nSPS) is 22.9. The van der Waals surface area contributed by atoms with E-state index in [0.717, 1.165) is 25.9 Å². The number of hydrogen-bond donors (Lipinski definition) is 1. The van der Waals surface area contributed by atoms with Gasteiger partial charge in [-0.15, -0.1) is 0 Å². The van der Waals surface area contributed by atoms with Gasteiger partial charge >= 0.3 is 0 Å². The summed E-state index contributed by atoms with van der Waals surface area (Å²) in [6, 6.07) is 0. The first-order valence-electron chi connectivity index (χ1n) is 7.42. The van der Waals surface area contributed by atoms with Crippen LogP contribution >= 0.6 is 0 Å². The van der Waals surface area contributed by atoms with E-state index < -0.39 is 0 Å². The van der Waals surface area contributed by atoms with Crippen molar-refractivity contribution in [2.75, 3.05) is 39.8 Å². The summed E-state index contributed by atoms with van der Waals surface area (Å²) in [5.74, 6) is -0.126. The Balaban J connectivity index is 1.72. The van der Waals surface area contributed by atoms with E-state index in [9.17, 15) is 9.59 Å². The van der Waals surface area contributed by atoms with Gasteiger partial charge in [0.25, 0.3) is 0 Å². The fourth-order valence-electron chi connectivity index (χ4n) is 3.01. The largest absolute Gasteiger partial charge is 0.381 e. The lowest BCUT2D eigenvalue weighted by Gasteiger charge is -2.34. The second kappa shape index (κ2) is 7.04. The van der Waals surface area contributed by atoms with Crippen molar-refractivity contribution >= 4 is 11.8 Å². The zero-order valence-corrected chi connectivity index (χ0v) is 12.2. The van der Waals surface area contributed by atoms with E-state index in [-0.39, 0.29) is 17.7 Å². The van der Waals surface area contributed by atoms with Gasteiger partial charge in [0.15, 0.2) is 0 Å². The minimum absolute atomic E-state index is 0.0588. The summed E-state index contributed by atoms with van der Waals surface area (Å²) < 4.78 is 5.33. The molecule has 0 unspecified atom stereocenters. The van der Waals surface area contributed by atoms with Crippen molar-refractivity contribution in [3.63, 3.8) is 0 Å². The number of rotatable bonds is 4. The minimum atomic E-state index is -0.237. The topological polar surface area (TPSA) is 75.9 Å². The van der Waals surface area contributed by atoms with E-state index in [4.69, 9.17) is 10.5 Å². The van der Waals surface area contributed by atoms with Crippen LogP contribution in [0.4, 0.5) is 0 Å². The van der Waals surface area contributed by atoms with Crippen LogP contribution in [0.25, 0.3) is 0 Å². The number of methoxy groups -OCH3 is 1. The van der Waals surface area contributed by atoms with Gasteiger partial charge in [0.1, 0.15) is 0 Å². The molecule has 20 heavy (non-hydrogen) atoms. The maximum atomic E-state index is 12.2. The van der Waals surface area contributed by atoms with Crippen molar-refractivity contribution < 1.29 is 14.3 Å². The van der Waals surface area contributed by atoms with Crippen molar-refractivity contribution in [1.82, 2.24) is 9.80 Å². The molecule has 0 radical (unpaired) electrons. The van der Waals surface area contributed by atoms with Crippen LogP contribution in [-0.2, 0) is 14.3 Å². The highest BCUT2D eigenvalue weighted by atomic mass is 16.5. The monoisotopic (exact) mass is 283 g/mol. The van der Waals surface area contributed by atoms with Gasteiger partial charge in [0.05, 0.1) is 12.6 Å². The molecule has 0 aromatic rings. The number of hydrogen-bond acceptors (Lipinski definition) is 4. The Hall–Kier alpha value is -1.14. The summed E-state index contributed by atoms with van der Waals surface area (Å²) in [6.45, 7) is 3.63. The maximum Gasteiger partial charge on any atom is 0.236 e. The molecule has 2 amide bonds. The number of piperidine rings is 2. The molecule has 0 atom stereocenters. The van der Waals surface area contributed by atoms with E-state index in [1.165, 1.54) is 0 Å². The Kier molecular flexibility index (Phi) is 5.37. The zero-order valence-electron chi connectivity index (χ0n) is 12.2. The lowest BCUT2D eigenvalue weighted by atomic mass is 9.96. The van der Waals surface area contributed by atoms with Gasteiger partial charge < -0.3 is 15.4 Å². The van der Waals surface area contributed by atoms with Gasteiger partial charge in [0, 0.05) is 39.2 Å². The summed E-state index contributed by atoms with van der Waals surface area (Å²) in [4.78, 5) is 27.4. The molecule has 2 saturated heterocycles. The standard InChI is InChI=1S/C14H25N3O3/c1-20-12-4-6-16(7-5-12)10-13(18)17-8-2-11(3-9-17)14(15)19/h11-12H,2-10H2,1H3,(H2,15,19). The minimum Gasteiger partial charge on any atom is -0.381 e. The number of amides is 2. The summed E-state index contributed by atoms with van der Waals surface area (Å²) >= 11 is 0. The van der Waals surface area contributed by atoms with Crippen LogP contribution in [0.1, 0.15) is 25.7 Å². The fraction of sp³-hybridized carbons (Fsp3) is 0.857. The fourth-order valence-corrected chi connectivity index (χ4v) is 3.01. The molecule has 0 aromatic carbocycles. The van der Waals surface area contributed by atoms with E-state index >= 15 is 0 Å².